The lowest BCUT2D eigenvalue weighted by atomic mass is 10.2. The summed E-state index contributed by atoms with van der Waals surface area (Å²) in [7, 11) is 0. The molecule has 2 aromatic rings. The summed E-state index contributed by atoms with van der Waals surface area (Å²) < 4.78 is 13.6. The lowest BCUT2D eigenvalue weighted by Crippen LogP contribution is -1.93. The van der Waals surface area contributed by atoms with E-state index in [9.17, 15) is 4.39 Å². The SMILES string of the molecule is Nc1csc(NN=Cc2ccc(F)cc2I)n1. The Morgan fingerprint density at radius 2 is 2.35 bits per heavy atom. The predicted molar refractivity (Wildman–Crippen MR) is 76.9 cm³/mol. The van der Waals surface area contributed by atoms with Crippen LogP contribution in [0.2, 0.25) is 0 Å². The van der Waals surface area contributed by atoms with E-state index in [0.717, 1.165) is 9.13 Å². The molecule has 0 aliphatic rings. The predicted octanol–water partition coefficient (Wildman–Crippen LogP) is 2.92. The van der Waals surface area contributed by atoms with Crippen LogP contribution in [-0.4, -0.2) is 11.2 Å². The van der Waals surface area contributed by atoms with Crippen molar-refractivity contribution < 1.29 is 4.39 Å². The largest absolute Gasteiger partial charge is 0.383 e. The summed E-state index contributed by atoms with van der Waals surface area (Å²) in [6.07, 6.45) is 1.61. The molecule has 0 amide bonds. The van der Waals surface area contributed by atoms with Crippen molar-refractivity contribution in [3.05, 3.63) is 38.5 Å². The molecule has 0 radical (unpaired) electrons. The molecule has 0 saturated carbocycles. The van der Waals surface area contributed by atoms with Crippen LogP contribution in [0.25, 0.3) is 0 Å². The van der Waals surface area contributed by atoms with E-state index in [0.29, 0.717) is 10.9 Å². The molecule has 0 aliphatic carbocycles. The Kier molecular flexibility index (Phi) is 3.89. The molecule has 17 heavy (non-hydrogen) atoms. The number of rotatable bonds is 3. The molecule has 0 aliphatic heterocycles. The highest BCUT2D eigenvalue weighted by Gasteiger charge is 1.99. The van der Waals surface area contributed by atoms with Gasteiger partial charge >= 0.3 is 0 Å². The lowest BCUT2D eigenvalue weighted by Gasteiger charge is -1.98. The average molecular weight is 362 g/mol. The van der Waals surface area contributed by atoms with Gasteiger partial charge < -0.3 is 5.73 Å². The molecule has 0 bridgehead atoms. The summed E-state index contributed by atoms with van der Waals surface area (Å²) in [5, 5.41) is 6.35. The molecule has 7 heteroatoms. The van der Waals surface area contributed by atoms with E-state index in [2.05, 4.69) is 38.1 Å². The smallest absolute Gasteiger partial charge is 0.205 e. The second kappa shape index (κ2) is 5.41. The highest BCUT2D eigenvalue weighted by Crippen LogP contribution is 2.16. The van der Waals surface area contributed by atoms with Gasteiger partial charge in [-0.25, -0.2) is 9.37 Å². The molecule has 1 aromatic carbocycles. The number of nitrogens with one attached hydrogen (secondary N) is 1. The monoisotopic (exact) mass is 362 g/mol. The molecular weight excluding hydrogens is 354 g/mol. The number of hydrogen-bond acceptors (Lipinski definition) is 5. The molecule has 4 nitrogen and oxygen atoms in total. The molecule has 88 valence electrons. The fraction of sp³-hybridized carbons (Fsp3) is 0. The van der Waals surface area contributed by atoms with Crippen molar-refractivity contribution in [3.63, 3.8) is 0 Å². The minimum atomic E-state index is -0.257. The first-order valence-electron chi connectivity index (χ1n) is 4.60. The molecule has 3 N–H and O–H groups in total. The fourth-order valence-corrected chi connectivity index (χ4v) is 2.27. The van der Waals surface area contributed by atoms with Crippen LogP contribution in [0.1, 0.15) is 5.56 Å². The number of hydrogen-bond donors (Lipinski definition) is 2. The van der Waals surface area contributed by atoms with Gasteiger partial charge in [0.25, 0.3) is 0 Å². The van der Waals surface area contributed by atoms with Crippen LogP contribution < -0.4 is 11.2 Å². The zero-order chi connectivity index (χ0) is 12.3. The van der Waals surface area contributed by atoms with Crippen LogP contribution in [0, 0.1) is 9.39 Å². The van der Waals surface area contributed by atoms with Gasteiger partial charge in [-0.15, -0.1) is 11.3 Å². The number of thiazole rings is 1. The van der Waals surface area contributed by atoms with Crippen LogP contribution in [0.5, 0.6) is 0 Å². The minimum absolute atomic E-state index is 0.257. The van der Waals surface area contributed by atoms with Crippen molar-refractivity contribution in [1.29, 1.82) is 0 Å². The van der Waals surface area contributed by atoms with Crippen molar-refractivity contribution in [2.24, 2.45) is 5.10 Å². The van der Waals surface area contributed by atoms with Gasteiger partial charge in [-0.1, -0.05) is 0 Å². The van der Waals surface area contributed by atoms with Gasteiger partial charge in [0.15, 0.2) is 0 Å². The number of hydrazone groups is 1. The van der Waals surface area contributed by atoms with Crippen LogP contribution in [0.3, 0.4) is 0 Å². The lowest BCUT2D eigenvalue weighted by molar-refractivity contribution is 0.627. The van der Waals surface area contributed by atoms with Crippen LogP contribution in [0.4, 0.5) is 15.3 Å². The van der Waals surface area contributed by atoms with Gasteiger partial charge in [-0.05, 0) is 40.8 Å². The maximum absolute atomic E-state index is 12.9. The number of anilines is 2. The Morgan fingerprint density at radius 3 is 3.00 bits per heavy atom. The molecular formula is C10H8FIN4S. The summed E-state index contributed by atoms with van der Waals surface area (Å²) in [4.78, 5) is 3.99. The van der Waals surface area contributed by atoms with Crippen LogP contribution in [0.15, 0.2) is 28.7 Å². The van der Waals surface area contributed by atoms with E-state index in [1.165, 1.54) is 23.5 Å². The van der Waals surface area contributed by atoms with Gasteiger partial charge in [0.1, 0.15) is 11.6 Å². The van der Waals surface area contributed by atoms with Crippen LogP contribution in [-0.2, 0) is 0 Å². The summed E-state index contributed by atoms with van der Waals surface area (Å²) >= 11 is 3.42. The van der Waals surface area contributed by atoms with Crippen molar-refractivity contribution in [2.75, 3.05) is 11.2 Å². The molecule has 0 spiro atoms. The van der Waals surface area contributed by atoms with E-state index in [4.69, 9.17) is 5.73 Å². The summed E-state index contributed by atoms with van der Waals surface area (Å²) in [5.41, 5.74) is 9.06. The Morgan fingerprint density at radius 1 is 1.53 bits per heavy atom. The maximum Gasteiger partial charge on any atom is 0.205 e. The topological polar surface area (TPSA) is 63.3 Å². The second-order valence-corrected chi connectivity index (χ2v) is 5.13. The number of nitrogen functional groups attached to an aromatic ring is 1. The molecule has 0 atom stereocenters. The van der Waals surface area contributed by atoms with E-state index < -0.39 is 0 Å². The van der Waals surface area contributed by atoms with Crippen LogP contribution >= 0.6 is 33.9 Å². The third kappa shape index (κ3) is 3.37. The maximum atomic E-state index is 12.9. The number of benzene rings is 1. The molecule has 0 unspecified atom stereocenters. The van der Waals surface area contributed by atoms with Crippen molar-refractivity contribution in [1.82, 2.24) is 4.98 Å². The standard InChI is InChI=1S/C10H8FIN4S/c11-7-2-1-6(8(12)3-7)4-14-16-10-15-9(13)5-17-10/h1-5H,13H2,(H,15,16). The molecule has 2 rings (SSSR count). The zero-order valence-electron chi connectivity index (χ0n) is 8.52. The average Bonchev–Trinajstić information content (AvgIpc) is 2.68. The molecule has 1 heterocycles. The van der Waals surface area contributed by atoms with E-state index in [1.807, 2.05) is 0 Å². The Hall–Kier alpha value is -1.22. The molecule has 1 aromatic heterocycles. The second-order valence-electron chi connectivity index (χ2n) is 3.11. The van der Waals surface area contributed by atoms with Crippen molar-refractivity contribution in [3.8, 4) is 0 Å². The van der Waals surface area contributed by atoms with Gasteiger partial charge in [0.2, 0.25) is 5.13 Å². The highest BCUT2D eigenvalue weighted by atomic mass is 127. The first-order chi connectivity index (χ1) is 8.15. The quantitative estimate of drug-likeness (QED) is 0.501. The van der Waals surface area contributed by atoms with E-state index in [1.54, 1.807) is 17.7 Å². The Labute approximate surface area is 115 Å². The number of halogens is 2. The third-order valence-electron chi connectivity index (χ3n) is 1.85. The van der Waals surface area contributed by atoms with Gasteiger partial charge in [0, 0.05) is 14.5 Å². The third-order valence-corrected chi connectivity index (χ3v) is 3.55. The van der Waals surface area contributed by atoms with Crippen molar-refractivity contribution >= 4 is 51.1 Å². The van der Waals surface area contributed by atoms with E-state index in [-0.39, 0.29) is 5.82 Å². The Bertz CT molecular complexity index is 555. The summed E-state index contributed by atoms with van der Waals surface area (Å²) in [6.45, 7) is 0. The molecule has 0 fully saturated rings. The van der Waals surface area contributed by atoms with E-state index >= 15 is 0 Å². The Balaban J connectivity index is 2.05. The number of nitrogens with two attached hydrogens (primary N) is 1. The summed E-state index contributed by atoms with van der Waals surface area (Å²) in [5.74, 6) is 0.205. The summed E-state index contributed by atoms with van der Waals surface area (Å²) in [6, 6.07) is 4.51. The minimum Gasteiger partial charge on any atom is -0.383 e. The highest BCUT2D eigenvalue weighted by molar-refractivity contribution is 14.1. The van der Waals surface area contributed by atoms with Gasteiger partial charge in [-0.2, -0.15) is 5.10 Å². The molecule has 0 saturated heterocycles. The number of nitrogens with zero attached hydrogens (tertiary/aromatic N) is 2. The van der Waals surface area contributed by atoms with Gasteiger partial charge in [-0.3, -0.25) is 5.43 Å². The fourth-order valence-electron chi connectivity index (χ4n) is 1.10. The first-order valence-corrected chi connectivity index (χ1v) is 6.56. The van der Waals surface area contributed by atoms with Crippen molar-refractivity contribution in [2.45, 2.75) is 0 Å². The normalized spacial score (nSPS) is 10.9. The first kappa shape index (κ1) is 12.2. The number of aromatic nitrogens is 1. The van der Waals surface area contributed by atoms with Gasteiger partial charge in [0.05, 0.1) is 6.21 Å². The zero-order valence-corrected chi connectivity index (χ0v) is 11.5.